The van der Waals surface area contributed by atoms with Gasteiger partial charge in [0, 0.05) is 17.7 Å². The lowest BCUT2D eigenvalue weighted by Gasteiger charge is -2.04. The van der Waals surface area contributed by atoms with E-state index in [-0.39, 0.29) is 24.0 Å². The van der Waals surface area contributed by atoms with Gasteiger partial charge in [0.1, 0.15) is 0 Å². The molecule has 0 amide bonds. The van der Waals surface area contributed by atoms with Crippen LogP contribution in [0, 0.1) is 0 Å². The molecule has 3 heterocycles. The summed E-state index contributed by atoms with van der Waals surface area (Å²) in [6.45, 7) is 3.00. The maximum absolute atomic E-state index is 5.62. The first kappa shape index (κ1) is 16.7. The van der Waals surface area contributed by atoms with Crippen LogP contribution in [-0.2, 0) is 6.54 Å². The summed E-state index contributed by atoms with van der Waals surface area (Å²) in [6, 6.07) is 18.5. The molecule has 0 fully saturated rings. The molecule has 0 unspecified atom stereocenters. The Balaban J connectivity index is 0.00000169. The molecular formula is C19H18IN3O. The fraction of sp³-hybridized carbons (Fsp3) is 0.158. The van der Waals surface area contributed by atoms with Crippen molar-refractivity contribution in [1.82, 2.24) is 9.38 Å². The third-order valence-electron chi connectivity index (χ3n) is 4.16. The van der Waals surface area contributed by atoms with E-state index in [1.165, 1.54) is 0 Å². The highest BCUT2D eigenvalue weighted by molar-refractivity contribution is 5.84. The minimum Gasteiger partial charge on any atom is -1.00 e. The maximum atomic E-state index is 5.62. The molecule has 0 N–H and O–H groups in total. The zero-order valence-corrected chi connectivity index (χ0v) is 15.8. The first-order chi connectivity index (χ1) is 11.3. The zero-order chi connectivity index (χ0) is 15.8. The van der Waals surface area contributed by atoms with E-state index in [1.807, 2.05) is 24.3 Å². The molecule has 0 spiro atoms. The molecule has 1 aromatic carbocycles. The Bertz CT molecular complexity index is 996. The van der Waals surface area contributed by atoms with Gasteiger partial charge in [-0.3, -0.25) is 0 Å². The van der Waals surface area contributed by atoms with Crippen LogP contribution in [0.4, 0.5) is 0 Å². The molecular weight excluding hydrogens is 413 g/mol. The first-order valence-corrected chi connectivity index (χ1v) is 7.76. The summed E-state index contributed by atoms with van der Waals surface area (Å²) in [7, 11) is 1.68. The molecule has 0 aliphatic heterocycles. The predicted molar refractivity (Wildman–Crippen MR) is 90.6 cm³/mol. The summed E-state index contributed by atoms with van der Waals surface area (Å²) in [4.78, 5) is 4.74. The Labute approximate surface area is 157 Å². The number of nitrogens with zero attached hydrogens (tertiary/aromatic N) is 3. The lowest BCUT2D eigenvalue weighted by Crippen LogP contribution is -3.00. The van der Waals surface area contributed by atoms with Gasteiger partial charge in [0.15, 0.2) is 5.52 Å². The van der Waals surface area contributed by atoms with Gasteiger partial charge in [0.05, 0.1) is 25.5 Å². The van der Waals surface area contributed by atoms with Crippen molar-refractivity contribution in [2.45, 2.75) is 13.5 Å². The van der Waals surface area contributed by atoms with E-state index >= 15 is 0 Å². The summed E-state index contributed by atoms with van der Waals surface area (Å²) in [6.07, 6.45) is 2.08. The standard InChI is InChI=1S/C19H18N3O.HI/c1-3-21-17-11-7-8-12-22(17)16-13-15(14-9-5-4-6-10-14)20-19(23-2)18(16)21;/h4-13H,3H2,1-2H3;1H/q+1;/p-1. The van der Waals surface area contributed by atoms with Gasteiger partial charge in [-0.05, 0) is 13.0 Å². The number of aromatic nitrogens is 3. The molecule has 4 nitrogen and oxygen atoms in total. The predicted octanol–water partition coefficient (Wildman–Crippen LogP) is 0.474. The minimum absolute atomic E-state index is 0. The fourth-order valence-corrected chi connectivity index (χ4v) is 3.13. The summed E-state index contributed by atoms with van der Waals surface area (Å²) in [5, 5.41) is 0. The van der Waals surface area contributed by atoms with Crippen LogP contribution in [0.25, 0.3) is 27.9 Å². The first-order valence-electron chi connectivity index (χ1n) is 7.76. The number of rotatable bonds is 3. The summed E-state index contributed by atoms with van der Waals surface area (Å²) >= 11 is 0. The van der Waals surface area contributed by atoms with Crippen molar-refractivity contribution < 1.29 is 33.3 Å². The van der Waals surface area contributed by atoms with Gasteiger partial charge in [-0.25, -0.2) is 9.55 Å². The van der Waals surface area contributed by atoms with E-state index in [2.05, 4.69) is 52.4 Å². The van der Waals surface area contributed by atoms with Crippen LogP contribution in [0.2, 0.25) is 0 Å². The number of methoxy groups -OCH3 is 1. The number of imidazole rings is 1. The van der Waals surface area contributed by atoms with Gasteiger partial charge in [-0.2, -0.15) is 4.40 Å². The number of fused-ring (bicyclic) bond motifs is 3. The van der Waals surface area contributed by atoms with Gasteiger partial charge in [0.25, 0.3) is 11.5 Å². The molecule has 24 heavy (non-hydrogen) atoms. The Kier molecular flexibility index (Phi) is 4.71. The highest BCUT2D eigenvalue weighted by Gasteiger charge is 2.23. The van der Waals surface area contributed by atoms with Crippen LogP contribution in [0.15, 0.2) is 60.8 Å². The van der Waals surface area contributed by atoms with E-state index in [0.717, 1.165) is 34.5 Å². The molecule has 0 aliphatic carbocycles. The number of hydrogen-bond donors (Lipinski definition) is 0. The van der Waals surface area contributed by atoms with Crippen LogP contribution in [0.3, 0.4) is 0 Å². The van der Waals surface area contributed by atoms with Gasteiger partial charge in [0.2, 0.25) is 5.52 Å². The fourth-order valence-electron chi connectivity index (χ4n) is 3.13. The number of pyridine rings is 2. The second-order valence-electron chi connectivity index (χ2n) is 5.42. The topological polar surface area (TPSA) is 30.4 Å². The molecule has 4 aromatic rings. The van der Waals surface area contributed by atoms with Crippen molar-refractivity contribution in [2.75, 3.05) is 7.11 Å². The molecule has 122 valence electrons. The highest BCUT2D eigenvalue weighted by atomic mass is 127. The molecule has 0 bridgehead atoms. The summed E-state index contributed by atoms with van der Waals surface area (Å²) in [5.74, 6) is 0.659. The van der Waals surface area contributed by atoms with Crippen molar-refractivity contribution in [3.8, 4) is 17.1 Å². The minimum atomic E-state index is 0. The second kappa shape index (κ2) is 6.76. The van der Waals surface area contributed by atoms with Crippen LogP contribution in [0.1, 0.15) is 6.92 Å². The number of halogens is 1. The molecule has 3 aromatic heterocycles. The van der Waals surface area contributed by atoms with Crippen LogP contribution >= 0.6 is 0 Å². The maximum Gasteiger partial charge on any atom is 0.287 e. The van der Waals surface area contributed by atoms with Crippen molar-refractivity contribution in [3.05, 3.63) is 60.8 Å². The van der Waals surface area contributed by atoms with E-state index in [1.54, 1.807) is 7.11 Å². The molecule has 0 atom stereocenters. The second-order valence-corrected chi connectivity index (χ2v) is 5.42. The van der Waals surface area contributed by atoms with Crippen molar-refractivity contribution >= 4 is 16.7 Å². The average Bonchev–Trinajstić information content (AvgIpc) is 2.95. The van der Waals surface area contributed by atoms with E-state index in [4.69, 9.17) is 9.72 Å². The van der Waals surface area contributed by atoms with Crippen molar-refractivity contribution in [2.24, 2.45) is 0 Å². The Morgan fingerprint density at radius 3 is 2.54 bits per heavy atom. The Hall–Kier alpha value is -2.15. The van der Waals surface area contributed by atoms with Gasteiger partial charge in [-0.15, -0.1) is 0 Å². The molecule has 4 rings (SSSR count). The van der Waals surface area contributed by atoms with Crippen LogP contribution in [0.5, 0.6) is 5.88 Å². The lowest BCUT2D eigenvalue weighted by atomic mass is 10.1. The van der Waals surface area contributed by atoms with Gasteiger partial charge < -0.3 is 28.7 Å². The zero-order valence-electron chi connectivity index (χ0n) is 13.6. The molecule has 0 radical (unpaired) electrons. The lowest BCUT2D eigenvalue weighted by molar-refractivity contribution is -0.642. The number of aryl methyl sites for hydroxylation is 1. The van der Waals surface area contributed by atoms with E-state index < -0.39 is 0 Å². The molecule has 5 heteroatoms. The Morgan fingerprint density at radius 2 is 1.83 bits per heavy atom. The number of ether oxygens (including phenoxy) is 1. The Morgan fingerprint density at radius 1 is 1.08 bits per heavy atom. The molecule has 0 saturated heterocycles. The average molecular weight is 431 g/mol. The number of hydrogen-bond acceptors (Lipinski definition) is 2. The molecule has 0 saturated carbocycles. The molecule has 0 aliphatic rings. The van der Waals surface area contributed by atoms with E-state index in [9.17, 15) is 0 Å². The number of benzene rings is 1. The third-order valence-corrected chi connectivity index (χ3v) is 4.16. The van der Waals surface area contributed by atoms with Crippen molar-refractivity contribution in [3.63, 3.8) is 0 Å². The largest absolute Gasteiger partial charge is 1.00 e. The smallest absolute Gasteiger partial charge is 0.287 e. The van der Waals surface area contributed by atoms with Gasteiger partial charge in [-0.1, -0.05) is 36.4 Å². The van der Waals surface area contributed by atoms with Crippen LogP contribution < -0.4 is 33.3 Å². The quantitative estimate of drug-likeness (QED) is 0.349. The summed E-state index contributed by atoms with van der Waals surface area (Å²) < 4.78 is 10.0. The van der Waals surface area contributed by atoms with E-state index in [0.29, 0.717) is 5.88 Å². The summed E-state index contributed by atoms with van der Waals surface area (Å²) in [5.41, 5.74) is 5.27. The highest BCUT2D eigenvalue weighted by Crippen LogP contribution is 2.28. The third kappa shape index (κ3) is 2.53. The van der Waals surface area contributed by atoms with Crippen LogP contribution in [-0.4, -0.2) is 16.5 Å². The SMILES string of the molecule is CC[n+]1c2c(OC)nc(-c3ccccc3)cc2n2ccccc21.[I-]. The monoisotopic (exact) mass is 431 g/mol. The normalized spacial score (nSPS) is 10.8. The van der Waals surface area contributed by atoms with Crippen molar-refractivity contribution in [1.29, 1.82) is 0 Å². The van der Waals surface area contributed by atoms with Gasteiger partial charge >= 0.3 is 0 Å².